The molecule has 4 rings (SSSR count). The largest absolute Gasteiger partial charge is 0.507 e. The third-order valence-corrected chi connectivity index (χ3v) is 4.77. The number of aromatic hydroxyl groups is 1. The van der Waals surface area contributed by atoms with Gasteiger partial charge in [-0.05, 0) is 58.1 Å². The summed E-state index contributed by atoms with van der Waals surface area (Å²) in [7, 11) is 0. The van der Waals surface area contributed by atoms with Crippen molar-refractivity contribution in [2.75, 3.05) is 0 Å². The van der Waals surface area contributed by atoms with E-state index in [2.05, 4.69) is 67.6 Å². The van der Waals surface area contributed by atoms with Gasteiger partial charge < -0.3 is 5.11 Å². The molecule has 0 bridgehead atoms. The molecule has 0 amide bonds. The summed E-state index contributed by atoms with van der Waals surface area (Å²) in [5.74, 6) is 0.414. The Bertz CT molecular complexity index is 1010. The smallest absolute Gasteiger partial charge is 0.122 e. The molecule has 0 aliphatic heterocycles. The highest BCUT2D eigenvalue weighted by molar-refractivity contribution is 6.02. The maximum atomic E-state index is 10.5. The van der Waals surface area contributed by atoms with Gasteiger partial charge in [0, 0.05) is 6.42 Å². The quantitative estimate of drug-likeness (QED) is 0.456. The highest BCUT2D eigenvalue weighted by Crippen LogP contribution is 2.33. The van der Waals surface area contributed by atoms with E-state index < -0.39 is 0 Å². The SMILES string of the molecule is Cc1cc(C)c(O)c(Cc2c3ccccc3cc3ccccc23)c1. The topological polar surface area (TPSA) is 20.2 Å². The van der Waals surface area contributed by atoms with E-state index in [-0.39, 0.29) is 0 Å². The zero-order valence-electron chi connectivity index (χ0n) is 14.0. The number of benzene rings is 4. The third kappa shape index (κ3) is 2.43. The predicted molar refractivity (Wildman–Crippen MR) is 102 cm³/mol. The number of phenolic OH excluding ortho intramolecular Hbond substituents is 1. The molecule has 0 aliphatic rings. The molecular formula is C23H20O. The summed E-state index contributed by atoms with van der Waals surface area (Å²) in [6.07, 6.45) is 0.732. The first-order chi connectivity index (χ1) is 11.6. The molecular weight excluding hydrogens is 292 g/mol. The van der Waals surface area contributed by atoms with Crippen LogP contribution in [0.5, 0.6) is 5.75 Å². The van der Waals surface area contributed by atoms with Crippen molar-refractivity contribution in [3.05, 3.63) is 89.0 Å². The minimum atomic E-state index is 0.414. The van der Waals surface area contributed by atoms with Crippen molar-refractivity contribution in [1.82, 2.24) is 0 Å². The van der Waals surface area contributed by atoms with Gasteiger partial charge in [0.1, 0.15) is 5.75 Å². The first-order valence-corrected chi connectivity index (χ1v) is 8.32. The van der Waals surface area contributed by atoms with Crippen LogP contribution in [0, 0.1) is 13.8 Å². The van der Waals surface area contributed by atoms with Crippen LogP contribution in [-0.4, -0.2) is 5.11 Å². The summed E-state index contributed by atoms with van der Waals surface area (Å²) in [6, 6.07) is 23.4. The van der Waals surface area contributed by atoms with Crippen LogP contribution in [0.4, 0.5) is 0 Å². The molecule has 0 atom stereocenters. The van der Waals surface area contributed by atoms with Gasteiger partial charge >= 0.3 is 0 Å². The molecule has 4 aromatic rings. The molecule has 24 heavy (non-hydrogen) atoms. The number of hydrogen-bond acceptors (Lipinski definition) is 1. The molecule has 0 radical (unpaired) electrons. The standard InChI is InChI=1S/C23H20O/c1-15-11-16(2)23(24)19(12-15)14-22-20-9-5-3-7-17(20)13-18-8-4-6-10-21(18)22/h3-13,24H,14H2,1-2H3. The van der Waals surface area contributed by atoms with Crippen molar-refractivity contribution in [1.29, 1.82) is 0 Å². The van der Waals surface area contributed by atoms with Crippen LogP contribution in [0.3, 0.4) is 0 Å². The normalized spacial score (nSPS) is 11.2. The van der Waals surface area contributed by atoms with E-state index in [9.17, 15) is 5.11 Å². The van der Waals surface area contributed by atoms with Gasteiger partial charge in [-0.2, -0.15) is 0 Å². The van der Waals surface area contributed by atoms with Gasteiger partial charge in [-0.3, -0.25) is 0 Å². The van der Waals surface area contributed by atoms with Crippen molar-refractivity contribution in [2.45, 2.75) is 20.3 Å². The van der Waals surface area contributed by atoms with E-state index in [0.29, 0.717) is 5.75 Å². The van der Waals surface area contributed by atoms with Crippen LogP contribution in [-0.2, 0) is 6.42 Å². The molecule has 0 aliphatic carbocycles. The minimum Gasteiger partial charge on any atom is -0.507 e. The highest BCUT2D eigenvalue weighted by atomic mass is 16.3. The minimum absolute atomic E-state index is 0.414. The zero-order chi connectivity index (χ0) is 16.7. The second kappa shape index (κ2) is 5.68. The summed E-state index contributed by atoms with van der Waals surface area (Å²) < 4.78 is 0. The zero-order valence-corrected chi connectivity index (χ0v) is 14.0. The molecule has 0 saturated heterocycles. The van der Waals surface area contributed by atoms with E-state index >= 15 is 0 Å². The van der Waals surface area contributed by atoms with E-state index in [4.69, 9.17) is 0 Å². The maximum absolute atomic E-state index is 10.5. The van der Waals surface area contributed by atoms with Crippen LogP contribution in [0.15, 0.2) is 66.7 Å². The van der Waals surface area contributed by atoms with Crippen molar-refractivity contribution >= 4 is 21.5 Å². The molecule has 1 heteroatoms. The lowest BCUT2D eigenvalue weighted by Crippen LogP contribution is -1.95. The number of rotatable bonds is 2. The van der Waals surface area contributed by atoms with E-state index in [1.165, 1.54) is 32.7 Å². The molecule has 118 valence electrons. The van der Waals surface area contributed by atoms with Crippen LogP contribution in [0.2, 0.25) is 0 Å². The van der Waals surface area contributed by atoms with Crippen LogP contribution in [0.1, 0.15) is 22.3 Å². The van der Waals surface area contributed by atoms with Crippen LogP contribution in [0.25, 0.3) is 21.5 Å². The second-order valence-electron chi connectivity index (χ2n) is 6.56. The predicted octanol–water partition coefficient (Wildman–Crippen LogP) is 5.91. The Balaban J connectivity index is 2.01. The van der Waals surface area contributed by atoms with Gasteiger partial charge in [-0.25, -0.2) is 0 Å². The van der Waals surface area contributed by atoms with Gasteiger partial charge in [0.25, 0.3) is 0 Å². The van der Waals surface area contributed by atoms with Crippen molar-refractivity contribution in [2.24, 2.45) is 0 Å². The third-order valence-electron chi connectivity index (χ3n) is 4.77. The lowest BCUT2D eigenvalue weighted by molar-refractivity contribution is 0.465. The Kier molecular flexibility index (Phi) is 3.50. The number of hydrogen-bond donors (Lipinski definition) is 1. The molecule has 0 fully saturated rings. The molecule has 0 aromatic heterocycles. The van der Waals surface area contributed by atoms with Gasteiger partial charge in [-0.1, -0.05) is 66.2 Å². The van der Waals surface area contributed by atoms with Crippen molar-refractivity contribution < 1.29 is 5.11 Å². The Morgan fingerprint density at radius 2 is 1.33 bits per heavy atom. The molecule has 4 aromatic carbocycles. The van der Waals surface area contributed by atoms with Gasteiger partial charge in [0.15, 0.2) is 0 Å². The fraction of sp³-hybridized carbons (Fsp3) is 0.130. The Morgan fingerprint density at radius 3 is 1.96 bits per heavy atom. The number of aryl methyl sites for hydroxylation is 2. The number of phenols is 1. The van der Waals surface area contributed by atoms with Gasteiger partial charge in [0.05, 0.1) is 0 Å². The summed E-state index contributed by atoms with van der Waals surface area (Å²) >= 11 is 0. The fourth-order valence-electron chi connectivity index (χ4n) is 3.67. The van der Waals surface area contributed by atoms with E-state index in [0.717, 1.165) is 17.5 Å². The molecule has 1 N–H and O–H groups in total. The molecule has 0 saturated carbocycles. The van der Waals surface area contributed by atoms with E-state index in [1.807, 2.05) is 13.0 Å². The molecule has 0 spiro atoms. The van der Waals surface area contributed by atoms with Gasteiger partial charge in [0.2, 0.25) is 0 Å². The second-order valence-corrected chi connectivity index (χ2v) is 6.56. The maximum Gasteiger partial charge on any atom is 0.122 e. The van der Waals surface area contributed by atoms with Crippen LogP contribution < -0.4 is 0 Å². The lowest BCUT2D eigenvalue weighted by Gasteiger charge is -2.14. The van der Waals surface area contributed by atoms with E-state index in [1.54, 1.807) is 0 Å². The first-order valence-electron chi connectivity index (χ1n) is 8.32. The average molecular weight is 312 g/mol. The molecule has 1 nitrogen and oxygen atoms in total. The Labute approximate surface area is 142 Å². The van der Waals surface area contributed by atoms with Crippen molar-refractivity contribution in [3.8, 4) is 5.75 Å². The van der Waals surface area contributed by atoms with Gasteiger partial charge in [-0.15, -0.1) is 0 Å². The summed E-state index contributed by atoms with van der Waals surface area (Å²) in [4.78, 5) is 0. The summed E-state index contributed by atoms with van der Waals surface area (Å²) in [5.41, 5.74) is 4.40. The summed E-state index contributed by atoms with van der Waals surface area (Å²) in [6.45, 7) is 4.05. The average Bonchev–Trinajstić information content (AvgIpc) is 2.59. The lowest BCUT2D eigenvalue weighted by atomic mass is 9.91. The Morgan fingerprint density at radius 1 is 0.750 bits per heavy atom. The fourth-order valence-corrected chi connectivity index (χ4v) is 3.67. The Hall–Kier alpha value is -2.80. The molecule has 0 heterocycles. The monoisotopic (exact) mass is 312 g/mol. The first kappa shape index (κ1) is 14.8. The molecule has 0 unspecified atom stereocenters. The summed E-state index contributed by atoms with van der Waals surface area (Å²) in [5, 5.41) is 15.5. The van der Waals surface area contributed by atoms with Crippen LogP contribution >= 0.6 is 0 Å². The van der Waals surface area contributed by atoms with Crippen molar-refractivity contribution in [3.63, 3.8) is 0 Å². The highest BCUT2D eigenvalue weighted by Gasteiger charge is 2.12. The number of fused-ring (bicyclic) bond motifs is 2.